The van der Waals surface area contributed by atoms with Crippen LogP contribution in [0.25, 0.3) is 0 Å². The van der Waals surface area contributed by atoms with Crippen LogP contribution in [0, 0.1) is 6.92 Å². The first kappa shape index (κ1) is 24.4. The van der Waals surface area contributed by atoms with Gasteiger partial charge in [0.1, 0.15) is 22.3 Å². The molecule has 0 bridgehead atoms. The highest BCUT2D eigenvalue weighted by Crippen LogP contribution is 2.30. The number of hydrogen-bond acceptors (Lipinski definition) is 7. The van der Waals surface area contributed by atoms with E-state index in [0.717, 1.165) is 30.2 Å². The fourth-order valence-electron chi connectivity index (χ4n) is 4.39. The van der Waals surface area contributed by atoms with Crippen LogP contribution in [0.15, 0.2) is 29.2 Å². The average molecular weight is 488 g/mol. The summed E-state index contributed by atoms with van der Waals surface area (Å²) in [6, 6.07) is 6.65. The van der Waals surface area contributed by atoms with E-state index in [1.54, 1.807) is 17.0 Å². The molecule has 0 radical (unpaired) electrons. The second-order valence-electron chi connectivity index (χ2n) is 9.14. The Morgan fingerprint density at radius 2 is 1.68 bits per heavy atom. The van der Waals surface area contributed by atoms with Crippen LogP contribution in [-0.4, -0.2) is 79.9 Å². The maximum absolute atomic E-state index is 13.3. The van der Waals surface area contributed by atoms with Gasteiger partial charge in [-0.05, 0) is 38.0 Å². The molecule has 0 N–H and O–H groups in total. The van der Waals surface area contributed by atoms with Crippen molar-refractivity contribution in [1.29, 1.82) is 0 Å². The Morgan fingerprint density at radius 1 is 1.00 bits per heavy atom. The molecule has 1 amide bonds. The molecule has 0 unspecified atom stereocenters. The number of ether oxygens (including phenoxy) is 1. The van der Waals surface area contributed by atoms with E-state index < -0.39 is 10.0 Å². The number of amides is 1. The number of carbonyl (C=O) groups is 1. The summed E-state index contributed by atoms with van der Waals surface area (Å²) in [6.07, 6.45) is 1.68. The molecule has 2 aliphatic rings. The first-order chi connectivity index (χ1) is 16.2. The molecule has 3 heterocycles. The molecule has 34 heavy (non-hydrogen) atoms. The minimum Gasteiger partial charge on any atom is -0.495 e. The Kier molecular flexibility index (Phi) is 7.09. The molecule has 2 fully saturated rings. The van der Waals surface area contributed by atoms with E-state index >= 15 is 0 Å². The van der Waals surface area contributed by atoms with Crippen LogP contribution in [0.3, 0.4) is 0 Å². The van der Waals surface area contributed by atoms with Gasteiger partial charge in [-0.3, -0.25) is 4.79 Å². The summed E-state index contributed by atoms with van der Waals surface area (Å²) in [4.78, 5) is 26.5. The molecule has 0 atom stereocenters. The van der Waals surface area contributed by atoms with Gasteiger partial charge in [0.25, 0.3) is 5.91 Å². The molecular formula is C24H33N5O4S. The molecule has 2 saturated heterocycles. The zero-order valence-corrected chi connectivity index (χ0v) is 21.1. The van der Waals surface area contributed by atoms with Gasteiger partial charge in [0.05, 0.1) is 7.11 Å². The number of hydrogen-bond donors (Lipinski definition) is 0. The quantitative estimate of drug-likeness (QED) is 0.618. The fourth-order valence-corrected chi connectivity index (χ4v) is 6.09. The molecule has 1 aromatic carbocycles. The highest BCUT2D eigenvalue weighted by molar-refractivity contribution is 7.89. The monoisotopic (exact) mass is 487 g/mol. The Bertz CT molecular complexity index is 1150. The minimum atomic E-state index is -3.71. The predicted molar refractivity (Wildman–Crippen MR) is 130 cm³/mol. The summed E-state index contributed by atoms with van der Waals surface area (Å²) < 4.78 is 33.1. The molecule has 2 aromatic rings. The zero-order valence-electron chi connectivity index (χ0n) is 20.3. The van der Waals surface area contributed by atoms with E-state index in [2.05, 4.69) is 23.7 Å². The third-order valence-corrected chi connectivity index (χ3v) is 8.28. The van der Waals surface area contributed by atoms with E-state index in [4.69, 9.17) is 9.72 Å². The Labute approximate surface area is 201 Å². The van der Waals surface area contributed by atoms with E-state index in [1.807, 2.05) is 13.0 Å². The number of rotatable bonds is 6. The Hall–Kier alpha value is -2.72. The third-order valence-electron chi connectivity index (χ3n) is 6.36. The second-order valence-corrected chi connectivity index (χ2v) is 11.0. The number of aromatic nitrogens is 2. The van der Waals surface area contributed by atoms with Crippen molar-refractivity contribution in [2.45, 2.75) is 44.4 Å². The highest BCUT2D eigenvalue weighted by atomic mass is 32.2. The number of piperazine rings is 1. The van der Waals surface area contributed by atoms with Crippen molar-refractivity contribution in [1.82, 2.24) is 19.2 Å². The molecule has 2 aliphatic heterocycles. The van der Waals surface area contributed by atoms with Gasteiger partial charge in [-0.25, -0.2) is 18.4 Å². The van der Waals surface area contributed by atoms with Gasteiger partial charge in [-0.2, -0.15) is 4.31 Å². The lowest BCUT2D eigenvalue weighted by atomic mass is 10.1. The van der Waals surface area contributed by atoms with Crippen LogP contribution < -0.4 is 9.64 Å². The van der Waals surface area contributed by atoms with Crippen molar-refractivity contribution in [3.8, 4) is 5.75 Å². The molecule has 0 saturated carbocycles. The number of nitrogens with zero attached hydrogens (tertiary/aromatic N) is 5. The summed E-state index contributed by atoms with van der Waals surface area (Å²) in [7, 11) is -2.27. The summed E-state index contributed by atoms with van der Waals surface area (Å²) in [5.74, 6) is 2.02. The van der Waals surface area contributed by atoms with Gasteiger partial charge in [0, 0.05) is 62.5 Å². The van der Waals surface area contributed by atoms with Crippen molar-refractivity contribution in [3.05, 3.63) is 41.3 Å². The number of aryl methyl sites for hydroxylation is 1. The zero-order chi connectivity index (χ0) is 24.5. The second kappa shape index (κ2) is 9.87. The normalized spacial score (nSPS) is 17.4. The van der Waals surface area contributed by atoms with Crippen molar-refractivity contribution in [2.24, 2.45) is 0 Å². The van der Waals surface area contributed by atoms with Crippen molar-refractivity contribution in [3.63, 3.8) is 0 Å². The largest absolute Gasteiger partial charge is 0.495 e. The van der Waals surface area contributed by atoms with Gasteiger partial charge in [0.15, 0.2) is 0 Å². The number of sulfonamides is 1. The van der Waals surface area contributed by atoms with Crippen molar-refractivity contribution >= 4 is 21.7 Å². The van der Waals surface area contributed by atoms with Crippen LogP contribution >= 0.6 is 0 Å². The number of benzene rings is 1. The van der Waals surface area contributed by atoms with Crippen LogP contribution in [0.5, 0.6) is 5.75 Å². The Morgan fingerprint density at radius 3 is 2.29 bits per heavy atom. The highest BCUT2D eigenvalue weighted by Gasteiger charge is 2.31. The van der Waals surface area contributed by atoms with Gasteiger partial charge >= 0.3 is 0 Å². The lowest BCUT2D eigenvalue weighted by molar-refractivity contribution is 0.0746. The molecule has 0 aliphatic carbocycles. The van der Waals surface area contributed by atoms with Gasteiger partial charge in [-0.1, -0.05) is 13.8 Å². The maximum Gasteiger partial charge on any atom is 0.254 e. The van der Waals surface area contributed by atoms with Gasteiger partial charge < -0.3 is 14.5 Å². The lowest BCUT2D eigenvalue weighted by Crippen LogP contribution is -2.49. The van der Waals surface area contributed by atoms with Gasteiger partial charge in [-0.15, -0.1) is 0 Å². The lowest BCUT2D eigenvalue weighted by Gasteiger charge is -2.35. The number of anilines is 1. The minimum absolute atomic E-state index is 0.0547. The van der Waals surface area contributed by atoms with E-state index in [0.29, 0.717) is 44.8 Å². The van der Waals surface area contributed by atoms with Crippen LogP contribution in [0.4, 0.5) is 5.82 Å². The van der Waals surface area contributed by atoms with Crippen LogP contribution in [-0.2, 0) is 10.0 Å². The Balaban J connectivity index is 1.50. The number of methoxy groups -OCH3 is 1. The smallest absolute Gasteiger partial charge is 0.254 e. The third kappa shape index (κ3) is 4.88. The first-order valence-corrected chi connectivity index (χ1v) is 13.2. The summed E-state index contributed by atoms with van der Waals surface area (Å²) in [5.41, 5.74) is 1.28. The average Bonchev–Trinajstić information content (AvgIpc) is 3.39. The molecular weight excluding hydrogens is 454 g/mol. The summed E-state index contributed by atoms with van der Waals surface area (Å²) in [6.45, 7) is 9.44. The van der Waals surface area contributed by atoms with E-state index in [1.165, 1.54) is 17.5 Å². The van der Waals surface area contributed by atoms with Crippen molar-refractivity contribution < 1.29 is 17.9 Å². The first-order valence-electron chi connectivity index (χ1n) is 11.8. The van der Waals surface area contributed by atoms with Crippen molar-refractivity contribution in [2.75, 3.05) is 51.3 Å². The molecule has 1 aromatic heterocycles. The molecule has 4 rings (SSSR count). The predicted octanol–water partition coefficient (Wildman–Crippen LogP) is 2.66. The van der Waals surface area contributed by atoms with Crippen LogP contribution in [0.1, 0.15) is 54.5 Å². The molecule has 10 heteroatoms. The topological polar surface area (TPSA) is 95.9 Å². The standard InChI is InChI=1S/C24H33N5O4S/c1-17(2)23-25-18(3)15-22(26-23)27-11-13-28(14-12-27)24(30)19-7-8-20(33-4)21(16-19)34(31,32)29-9-5-6-10-29/h7-8,15-17H,5-6,9-14H2,1-4H3. The summed E-state index contributed by atoms with van der Waals surface area (Å²) in [5, 5.41) is 0. The number of carbonyl (C=O) groups excluding carboxylic acids is 1. The molecule has 184 valence electrons. The van der Waals surface area contributed by atoms with E-state index in [-0.39, 0.29) is 22.5 Å². The molecule has 0 spiro atoms. The summed E-state index contributed by atoms with van der Waals surface area (Å²) >= 11 is 0. The van der Waals surface area contributed by atoms with E-state index in [9.17, 15) is 13.2 Å². The molecule has 9 nitrogen and oxygen atoms in total. The van der Waals surface area contributed by atoms with Crippen LogP contribution in [0.2, 0.25) is 0 Å². The fraction of sp³-hybridized carbons (Fsp3) is 0.542. The van der Waals surface area contributed by atoms with Gasteiger partial charge in [0.2, 0.25) is 10.0 Å². The SMILES string of the molecule is COc1ccc(C(=O)N2CCN(c3cc(C)nc(C(C)C)n3)CC2)cc1S(=O)(=O)N1CCCC1. The maximum atomic E-state index is 13.3.